The number of carbonyl (C=O) groups is 1. The standard InChI is InChI=1S/C24H34N6O2Si/c1-18(31)29-11-6-7-19(16-29)27-23-20(8-5-10-25-23)22-15-26-21-9-12-30(24(21)28-22)17-32-13-14-33(2,3)4/h5,8-10,12,15,19H,6-7,11,13-14,16-17H2,1-4H3,(H,25,27). The summed E-state index contributed by atoms with van der Waals surface area (Å²) in [5.41, 5.74) is 3.31. The molecular weight excluding hydrogens is 432 g/mol. The van der Waals surface area contributed by atoms with E-state index in [9.17, 15) is 4.79 Å². The van der Waals surface area contributed by atoms with Gasteiger partial charge in [-0.25, -0.2) is 9.97 Å². The van der Waals surface area contributed by atoms with Crippen molar-refractivity contribution in [1.29, 1.82) is 0 Å². The molecule has 176 valence electrons. The fraction of sp³-hybridized carbons (Fsp3) is 0.500. The molecule has 0 aliphatic carbocycles. The number of hydrogen-bond donors (Lipinski definition) is 1. The normalized spacial score (nSPS) is 16.8. The van der Waals surface area contributed by atoms with Crippen molar-refractivity contribution in [2.75, 3.05) is 25.0 Å². The molecule has 33 heavy (non-hydrogen) atoms. The number of piperidine rings is 1. The van der Waals surface area contributed by atoms with Gasteiger partial charge in [0.05, 0.1) is 11.9 Å². The van der Waals surface area contributed by atoms with Gasteiger partial charge in [0.15, 0.2) is 5.65 Å². The van der Waals surface area contributed by atoms with Gasteiger partial charge in [0.25, 0.3) is 0 Å². The molecule has 3 aromatic rings. The van der Waals surface area contributed by atoms with E-state index in [4.69, 9.17) is 9.72 Å². The number of carbonyl (C=O) groups excluding carboxylic acids is 1. The number of nitrogens with one attached hydrogen (secondary N) is 1. The molecule has 4 heterocycles. The number of amides is 1. The Kier molecular flexibility index (Phi) is 7.09. The van der Waals surface area contributed by atoms with Crippen molar-refractivity contribution in [3.05, 3.63) is 36.8 Å². The highest BCUT2D eigenvalue weighted by Crippen LogP contribution is 2.27. The Hall–Kier alpha value is -2.78. The van der Waals surface area contributed by atoms with Crippen LogP contribution in [-0.4, -0.2) is 64.1 Å². The molecule has 1 atom stereocenters. The van der Waals surface area contributed by atoms with E-state index in [1.165, 1.54) is 0 Å². The molecule has 1 unspecified atom stereocenters. The third-order valence-electron chi connectivity index (χ3n) is 5.98. The van der Waals surface area contributed by atoms with Crippen molar-refractivity contribution in [2.45, 2.75) is 58.2 Å². The molecule has 0 aromatic carbocycles. The molecule has 0 bridgehead atoms. The van der Waals surface area contributed by atoms with Crippen LogP contribution in [0.2, 0.25) is 25.7 Å². The van der Waals surface area contributed by atoms with E-state index in [0.717, 1.165) is 60.3 Å². The molecule has 0 spiro atoms. The summed E-state index contributed by atoms with van der Waals surface area (Å²) in [7, 11) is -1.12. The van der Waals surface area contributed by atoms with E-state index in [2.05, 4.69) is 34.9 Å². The minimum atomic E-state index is -1.12. The lowest BCUT2D eigenvalue weighted by Crippen LogP contribution is -2.44. The molecule has 1 saturated heterocycles. The topological polar surface area (TPSA) is 85.2 Å². The summed E-state index contributed by atoms with van der Waals surface area (Å²) >= 11 is 0. The van der Waals surface area contributed by atoms with Crippen LogP contribution in [0.25, 0.3) is 22.4 Å². The number of aromatic nitrogens is 4. The third-order valence-corrected chi connectivity index (χ3v) is 7.69. The Morgan fingerprint density at radius 3 is 2.91 bits per heavy atom. The number of rotatable bonds is 8. The molecule has 1 aliphatic heterocycles. The molecule has 0 radical (unpaired) electrons. The SMILES string of the molecule is CC(=O)N1CCCC(Nc2ncccc2-c2cnc3ccn(COCC[Si](C)(C)C)c3n2)C1. The molecule has 8 nitrogen and oxygen atoms in total. The van der Waals surface area contributed by atoms with Gasteiger partial charge in [0.2, 0.25) is 5.91 Å². The first-order valence-corrected chi connectivity index (χ1v) is 15.4. The molecule has 4 rings (SSSR count). The highest BCUT2D eigenvalue weighted by molar-refractivity contribution is 6.76. The summed E-state index contributed by atoms with van der Waals surface area (Å²) < 4.78 is 7.94. The Labute approximate surface area is 196 Å². The van der Waals surface area contributed by atoms with Crippen LogP contribution in [0.4, 0.5) is 5.82 Å². The number of anilines is 1. The average Bonchev–Trinajstić information content (AvgIpc) is 3.19. The predicted octanol–water partition coefficient (Wildman–Crippen LogP) is 4.23. The van der Waals surface area contributed by atoms with Crippen LogP contribution in [0.5, 0.6) is 0 Å². The van der Waals surface area contributed by atoms with Gasteiger partial charge in [-0.2, -0.15) is 0 Å². The van der Waals surface area contributed by atoms with Crippen molar-refractivity contribution >= 4 is 31.0 Å². The number of fused-ring (bicyclic) bond motifs is 1. The number of pyridine rings is 1. The minimum Gasteiger partial charge on any atom is -0.365 e. The zero-order chi connectivity index (χ0) is 23.4. The van der Waals surface area contributed by atoms with Gasteiger partial charge in [0.1, 0.15) is 18.1 Å². The Bertz CT molecular complexity index is 1110. The van der Waals surface area contributed by atoms with Crippen molar-refractivity contribution in [3.8, 4) is 11.3 Å². The van der Waals surface area contributed by atoms with Crippen LogP contribution in [0.3, 0.4) is 0 Å². The lowest BCUT2D eigenvalue weighted by atomic mass is 10.0. The maximum atomic E-state index is 11.8. The summed E-state index contributed by atoms with van der Waals surface area (Å²) in [4.78, 5) is 27.8. The van der Waals surface area contributed by atoms with E-state index < -0.39 is 8.07 Å². The van der Waals surface area contributed by atoms with Gasteiger partial charge in [-0.1, -0.05) is 19.6 Å². The first kappa shape index (κ1) is 23.4. The van der Waals surface area contributed by atoms with Crippen molar-refractivity contribution < 1.29 is 9.53 Å². The largest absolute Gasteiger partial charge is 0.365 e. The summed E-state index contributed by atoms with van der Waals surface area (Å²) in [5.74, 6) is 0.887. The number of hydrogen-bond acceptors (Lipinski definition) is 6. The van der Waals surface area contributed by atoms with Crippen molar-refractivity contribution in [3.63, 3.8) is 0 Å². The quantitative estimate of drug-likeness (QED) is 0.395. The Balaban J connectivity index is 1.52. The average molecular weight is 467 g/mol. The van der Waals surface area contributed by atoms with Crippen LogP contribution >= 0.6 is 0 Å². The predicted molar refractivity (Wildman–Crippen MR) is 134 cm³/mol. The zero-order valence-electron chi connectivity index (χ0n) is 20.0. The smallest absolute Gasteiger partial charge is 0.219 e. The molecule has 1 aliphatic rings. The van der Waals surface area contributed by atoms with E-state index >= 15 is 0 Å². The number of nitrogens with zero attached hydrogens (tertiary/aromatic N) is 5. The minimum absolute atomic E-state index is 0.117. The highest BCUT2D eigenvalue weighted by Gasteiger charge is 2.23. The molecule has 9 heteroatoms. The molecular formula is C24H34N6O2Si. The number of ether oxygens (including phenoxy) is 1. The van der Waals surface area contributed by atoms with Crippen LogP contribution in [-0.2, 0) is 16.3 Å². The molecule has 1 fully saturated rings. The van der Waals surface area contributed by atoms with Crippen molar-refractivity contribution in [2.24, 2.45) is 0 Å². The lowest BCUT2D eigenvalue weighted by Gasteiger charge is -2.33. The van der Waals surface area contributed by atoms with Gasteiger partial charge in [-0.3, -0.25) is 9.78 Å². The van der Waals surface area contributed by atoms with E-state index in [1.807, 2.05) is 33.9 Å². The fourth-order valence-electron chi connectivity index (χ4n) is 4.03. The molecule has 1 amide bonds. The third kappa shape index (κ3) is 5.97. The first-order chi connectivity index (χ1) is 15.8. The summed E-state index contributed by atoms with van der Waals surface area (Å²) in [5, 5.41) is 3.54. The maximum absolute atomic E-state index is 11.8. The van der Waals surface area contributed by atoms with Crippen molar-refractivity contribution in [1.82, 2.24) is 24.4 Å². The van der Waals surface area contributed by atoms with E-state index in [-0.39, 0.29) is 11.9 Å². The Morgan fingerprint density at radius 1 is 1.27 bits per heavy atom. The number of likely N-dealkylation sites (tertiary alicyclic amines) is 1. The van der Waals surface area contributed by atoms with E-state index in [1.54, 1.807) is 19.3 Å². The van der Waals surface area contributed by atoms with Crippen LogP contribution in [0, 0.1) is 0 Å². The van der Waals surface area contributed by atoms with Gasteiger partial charge < -0.3 is 19.5 Å². The molecule has 0 saturated carbocycles. The summed E-state index contributed by atoms with van der Waals surface area (Å²) in [6, 6.07) is 7.18. The second-order valence-corrected chi connectivity index (χ2v) is 15.6. The van der Waals surface area contributed by atoms with Crippen LogP contribution in [0.1, 0.15) is 19.8 Å². The van der Waals surface area contributed by atoms with Gasteiger partial charge in [-0.05, 0) is 37.1 Å². The maximum Gasteiger partial charge on any atom is 0.219 e. The van der Waals surface area contributed by atoms with Gasteiger partial charge in [-0.15, -0.1) is 0 Å². The lowest BCUT2D eigenvalue weighted by molar-refractivity contribution is -0.129. The first-order valence-electron chi connectivity index (χ1n) is 11.7. The fourth-order valence-corrected chi connectivity index (χ4v) is 4.78. The highest BCUT2D eigenvalue weighted by atomic mass is 28.3. The Morgan fingerprint density at radius 2 is 2.12 bits per heavy atom. The zero-order valence-corrected chi connectivity index (χ0v) is 21.0. The summed E-state index contributed by atoms with van der Waals surface area (Å²) in [6.45, 7) is 11.4. The second kappa shape index (κ2) is 10.0. The van der Waals surface area contributed by atoms with Crippen LogP contribution in [0.15, 0.2) is 36.8 Å². The van der Waals surface area contributed by atoms with E-state index in [0.29, 0.717) is 13.3 Å². The van der Waals surface area contributed by atoms with Gasteiger partial charge in [0, 0.05) is 58.7 Å². The molecule has 3 aromatic heterocycles. The van der Waals surface area contributed by atoms with Gasteiger partial charge >= 0.3 is 0 Å². The monoisotopic (exact) mass is 466 g/mol. The van der Waals surface area contributed by atoms with Crippen LogP contribution < -0.4 is 5.32 Å². The second-order valence-electron chi connectivity index (χ2n) is 9.95. The molecule has 1 N–H and O–H groups in total. The summed E-state index contributed by atoms with van der Waals surface area (Å²) in [6.07, 6.45) is 7.53.